The van der Waals surface area contributed by atoms with E-state index in [1.54, 1.807) is 27.7 Å². The molecule has 1 N–H and O–H groups in total. The normalized spacial score (nSPS) is 10.0. The fraction of sp³-hybridized carbons (Fsp3) is 0.500. The zero-order chi connectivity index (χ0) is 16.9. The number of methoxy groups -OCH3 is 1. The topological polar surface area (TPSA) is 95.9 Å². The number of esters is 2. The van der Waals surface area contributed by atoms with E-state index >= 15 is 0 Å². The van der Waals surface area contributed by atoms with Gasteiger partial charge in [0.25, 0.3) is 0 Å². The summed E-state index contributed by atoms with van der Waals surface area (Å²) in [7, 11) is 1.21. The van der Waals surface area contributed by atoms with Crippen molar-refractivity contribution in [3.8, 4) is 0 Å². The molecule has 1 aromatic rings. The molecule has 8 nitrogen and oxygen atoms in total. The number of ether oxygens (including phenoxy) is 3. The molecule has 0 spiro atoms. The van der Waals surface area contributed by atoms with Crippen LogP contribution in [-0.4, -0.2) is 43.0 Å². The summed E-state index contributed by atoms with van der Waals surface area (Å²) in [5, 5.41) is 0. The van der Waals surface area contributed by atoms with Gasteiger partial charge in [-0.25, -0.2) is 19.8 Å². The van der Waals surface area contributed by atoms with Crippen molar-refractivity contribution in [2.45, 2.75) is 27.7 Å². The van der Waals surface area contributed by atoms with Crippen molar-refractivity contribution in [1.82, 2.24) is 4.68 Å². The maximum Gasteiger partial charge on any atom is 0.426 e. The highest BCUT2D eigenvalue weighted by atomic mass is 16.6. The summed E-state index contributed by atoms with van der Waals surface area (Å²) in [6, 6.07) is 0. The molecule has 22 heavy (non-hydrogen) atoms. The molecular weight excluding hydrogens is 292 g/mol. The van der Waals surface area contributed by atoms with Gasteiger partial charge in [0, 0.05) is 0 Å². The van der Waals surface area contributed by atoms with Crippen molar-refractivity contribution in [3.05, 3.63) is 22.5 Å². The summed E-state index contributed by atoms with van der Waals surface area (Å²) in [5.41, 5.74) is 3.26. The van der Waals surface area contributed by atoms with Gasteiger partial charge in [-0.05, 0) is 27.7 Å². The first-order chi connectivity index (χ1) is 10.4. The Bertz CT molecular complexity index is 591. The highest BCUT2D eigenvalue weighted by Gasteiger charge is 2.29. The Morgan fingerprint density at radius 3 is 1.91 bits per heavy atom. The molecular formula is C14H20N2O6. The van der Waals surface area contributed by atoms with Gasteiger partial charge in [-0.2, -0.15) is 0 Å². The second-order valence-corrected chi connectivity index (χ2v) is 4.30. The van der Waals surface area contributed by atoms with Crippen LogP contribution in [0.4, 0.5) is 4.79 Å². The van der Waals surface area contributed by atoms with E-state index in [4.69, 9.17) is 14.2 Å². The molecule has 0 aromatic carbocycles. The smallest absolute Gasteiger partial charge is 0.426 e. The van der Waals surface area contributed by atoms with E-state index in [0.29, 0.717) is 11.4 Å². The lowest BCUT2D eigenvalue weighted by atomic mass is 10.1. The standard InChI is InChI=1S/C14H20N2O6/c1-6-21-13(18)11-9(4)16(15-14(19)22-7-2)8(3)10(11)12(17)20-5/h6-7H2,1-5H3,(H,15,19). The van der Waals surface area contributed by atoms with Crippen molar-refractivity contribution in [3.63, 3.8) is 0 Å². The van der Waals surface area contributed by atoms with E-state index in [2.05, 4.69) is 5.43 Å². The molecule has 1 heterocycles. The molecule has 0 radical (unpaired) electrons. The number of hydrogen-bond acceptors (Lipinski definition) is 6. The molecule has 0 fully saturated rings. The summed E-state index contributed by atoms with van der Waals surface area (Å²) in [5.74, 6) is -1.35. The van der Waals surface area contributed by atoms with Crippen LogP contribution in [0.1, 0.15) is 46.0 Å². The van der Waals surface area contributed by atoms with E-state index in [0.717, 1.165) is 0 Å². The van der Waals surface area contributed by atoms with E-state index in [9.17, 15) is 14.4 Å². The second-order valence-electron chi connectivity index (χ2n) is 4.30. The zero-order valence-corrected chi connectivity index (χ0v) is 13.3. The van der Waals surface area contributed by atoms with Crippen LogP contribution in [0.25, 0.3) is 0 Å². The minimum Gasteiger partial charge on any atom is -0.465 e. The monoisotopic (exact) mass is 312 g/mol. The van der Waals surface area contributed by atoms with Gasteiger partial charge in [-0.15, -0.1) is 0 Å². The number of hydrogen-bond donors (Lipinski definition) is 1. The van der Waals surface area contributed by atoms with Crippen LogP contribution in [0, 0.1) is 13.8 Å². The average molecular weight is 312 g/mol. The molecule has 1 rings (SSSR count). The molecule has 0 saturated heterocycles. The third-order valence-electron chi connectivity index (χ3n) is 2.99. The van der Waals surface area contributed by atoms with Crippen molar-refractivity contribution >= 4 is 18.0 Å². The first-order valence-corrected chi connectivity index (χ1v) is 6.80. The highest BCUT2D eigenvalue weighted by molar-refractivity contribution is 6.05. The Morgan fingerprint density at radius 1 is 0.955 bits per heavy atom. The number of carbonyl (C=O) groups excluding carboxylic acids is 3. The number of amides is 1. The molecule has 1 amide bonds. The lowest BCUT2D eigenvalue weighted by Gasteiger charge is -2.11. The van der Waals surface area contributed by atoms with Crippen molar-refractivity contribution < 1.29 is 28.6 Å². The van der Waals surface area contributed by atoms with E-state index < -0.39 is 18.0 Å². The summed E-state index contributed by atoms with van der Waals surface area (Å²) in [4.78, 5) is 35.6. The Hall–Kier alpha value is -2.51. The molecule has 8 heteroatoms. The minimum atomic E-state index is -0.699. The Balaban J connectivity index is 3.39. The van der Waals surface area contributed by atoms with Crippen LogP contribution in [0.5, 0.6) is 0 Å². The molecule has 0 aliphatic carbocycles. The summed E-state index contributed by atoms with van der Waals surface area (Å²) in [6.45, 7) is 6.84. The number of nitrogens with one attached hydrogen (secondary N) is 1. The average Bonchev–Trinajstić information content (AvgIpc) is 2.71. The number of carbonyl (C=O) groups is 3. The summed E-state index contributed by atoms with van der Waals surface area (Å²) in [6.07, 6.45) is -0.699. The largest absolute Gasteiger partial charge is 0.465 e. The van der Waals surface area contributed by atoms with Gasteiger partial charge in [-0.1, -0.05) is 0 Å². The van der Waals surface area contributed by atoms with Gasteiger partial charge in [-0.3, -0.25) is 4.68 Å². The molecule has 0 saturated carbocycles. The van der Waals surface area contributed by atoms with Crippen LogP contribution in [-0.2, 0) is 14.2 Å². The summed E-state index contributed by atoms with van der Waals surface area (Å²) >= 11 is 0. The lowest BCUT2D eigenvalue weighted by Crippen LogP contribution is -2.26. The first-order valence-electron chi connectivity index (χ1n) is 6.80. The van der Waals surface area contributed by atoms with Gasteiger partial charge in [0.2, 0.25) is 0 Å². The molecule has 1 aromatic heterocycles. The van der Waals surface area contributed by atoms with Crippen LogP contribution >= 0.6 is 0 Å². The van der Waals surface area contributed by atoms with Crippen molar-refractivity contribution in [1.29, 1.82) is 0 Å². The van der Waals surface area contributed by atoms with E-state index in [-0.39, 0.29) is 24.3 Å². The number of nitrogens with zero attached hydrogens (tertiary/aromatic N) is 1. The SMILES string of the molecule is CCOC(=O)Nn1c(C)c(C(=O)OC)c(C(=O)OCC)c1C. The van der Waals surface area contributed by atoms with Gasteiger partial charge in [0.15, 0.2) is 0 Å². The van der Waals surface area contributed by atoms with E-state index in [1.165, 1.54) is 11.8 Å². The molecule has 0 unspecified atom stereocenters. The molecule has 0 bridgehead atoms. The maximum absolute atomic E-state index is 12.1. The highest BCUT2D eigenvalue weighted by Crippen LogP contribution is 2.23. The van der Waals surface area contributed by atoms with Gasteiger partial charge < -0.3 is 14.2 Å². The third kappa shape index (κ3) is 3.38. The maximum atomic E-state index is 12.1. The van der Waals surface area contributed by atoms with Crippen LogP contribution in [0.3, 0.4) is 0 Å². The quantitative estimate of drug-likeness (QED) is 0.657. The van der Waals surface area contributed by atoms with Gasteiger partial charge in [0.1, 0.15) is 0 Å². The Labute approximate surface area is 128 Å². The predicted octanol–water partition coefficient (Wildman–Crippen LogP) is 1.77. The van der Waals surface area contributed by atoms with Gasteiger partial charge >= 0.3 is 18.0 Å². The molecule has 0 aliphatic rings. The Morgan fingerprint density at radius 2 is 1.45 bits per heavy atom. The summed E-state index contributed by atoms with van der Waals surface area (Å²) < 4.78 is 15.8. The van der Waals surface area contributed by atoms with Crippen LogP contribution < -0.4 is 5.43 Å². The zero-order valence-electron chi connectivity index (χ0n) is 13.3. The van der Waals surface area contributed by atoms with Crippen molar-refractivity contribution in [2.75, 3.05) is 25.7 Å². The minimum absolute atomic E-state index is 0.0512. The molecule has 0 aliphatic heterocycles. The van der Waals surface area contributed by atoms with E-state index in [1.807, 2.05) is 0 Å². The van der Waals surface area contributed by atoms with Crippen molar-refractivity contribution in [2.24, 2.45) is 0 Å². The molecule has 122 valence electrons. The lowest BCUT2D eigenvalue weighted by molar-refractivity contribution is 0.0504. The first kappa shape index (κ1) is 17.5. The number of aromatic nitrogens is 1. The third-order valence-corrected chi connectivity index (χ3v) is 2.99. The van der Waals surface area contributed by atoms with Crippen LogP contribution in [0.15, 0.2) is 0 Å². The fourth-order valence-corrected chi connectivity index (χ4v) is 2.06. The second kappa shape index (κ2) is 7.48. The van der Waals surface area contributed by atoms with Gasteiger partial charge in [0.05, 0.1) is 42.8 Å². The molecule has 0 atom stereocenters. The fourth-order valence-electron chi connectivity index (χ4n) is 2.06. The number of rotatable bonds is 5. The predicted molar refractivity (Wildman–Crippen MR) is 77.6 cm³/mol. The Kier molecular flexibility index (Phi) is 5.97. The van der Waals surface area contributed by atoms with Crippen LogP contribution in [0.2, 0.25) is 0 Å².